The quantitative estimate of drug-likeness (QED) is 0.0162. The van der Waals surface area contributed by atoms with Crippen molar-refractivity contribution in [1.29, 1.82) is 0 Å². The third kappa shape index (κ3) is 52.9. The van der Waals surface area contributed by atoms with Crippen LogP contribution in [0.15, 0.2) is 72.8 Å². The van der Waals surface area contributed by atoms with Crippen molar-refractivity contribution in [2.45, 2.75) is 192 Å². The zero-order chi connectivity index (χ0) is 105. The Kier molecular flexibility index (Phi) is 61.2. The van der Waals surface area contributed by atoms with Gasteiger partial charge in [-0.25, -0.2) is 9.48 Å². The van der Waals surface area contributed by atoms with Gasteiger partial charge in [-0.05, 0) is 148 Å². The Hall–Kier alpha value is -10.0. The first-order valence-electron chi connectivity index (χ1n) is 48.7. The number of carbonyl (C=O) groups is 17. The molecule has 0 saturated carbocycles. The number of aliphatic carboxylic acids is 8. The number of carboxylic acid groups (broad SMARTS) is 8. The fraction of sp³-hybridized carbons (Fsp3) is 0.615. The number of aromatic nitrogens is 3. The maximum atomic E-state index is 14.3. The van der Waals surface area contributed by atoms with Crippen LogP contribution in [0, 0.1) is 58.2 Å². The van der Waals surface area contributed by atoms with Gasteiger partial charge in [0.15, 0.2) is 0 Å². The minimum Gasteiger partial charge on any atom is -0.481 e. The molecule has 0 aliphatic carbocycles. The summed E-state index contributed by atoms with van der Waals surface area (Å²) in [6.45, 7) is 3.08. The van der Waals surface area contributed by atoms with E-state index >= 15 is 0 Å². The summed E-state index contributed by atoms with van der Waals surface area (Å²) in [5.41, 5.74) is 5.21. The molecule has 2 aliphatic heterocycles. The minimum atomic E-state index is -4.51. The molecule has 145 heavy (non-hydrogen) atoms. The smallest absolute Gasteiger partial charge is 0.328 e. The summed E-state index contributed by atoms with van der Waals surface area (Å²) in [5, 5.41) is 102. The molecule has 1 saturated heterocycles. The number of nitrogens with zero attached hydrogens (tertiary/aromatic N) is 8. The van der Waals surface area contributed by atoms with Gasteiger partial charge in [0.1, 0.15) is 29.3 Å². The second-order valence-corrected chi connectivity index (χ2v) is 38.5. The van der Waals surface area contributed by atoms with E-state index in [0.29, 0.717) is 81.3 Å². The number of hydrogen-bond donors (Lipinski definition) is 15. The molecule has 2 aliphatic rings. The van der Waals surface area contributed by atoms with Gasteiger partial charge < -0.3 is 106 Å². The van der Waals surface area contributed by atoms with Crippen LogP contribution in [0.25, 0.3) is 22.5 Å². The normalized spacial score (nSPS) is 14.6. The predicted molar refractivity (Wildman–Crippen MR) is 528 cm³/mol. The van der Waals surface area contributed by atoms with E-state index in [9.17, 15) is 127 Å². The number of amides is 7. The van der Waals surface area contributed by atoms with Crippen LogP contribution in [0.3, 0.4) is 0 Å². The van der Waals surface area contributed by atoms with Gasteiger partial charge in [0, 0.05) is 207 Å². The molecule has 49 heteroatoms. The Bertz CT molecular complexity index is 4840. The number of ketones is 2. The Morgan fingerprint density at radius 1 is 0.407 bits per heavy atom. The molecule has 4 unspecified atom stereocenters. The SMILES string of the molecule is O=C(O)CCC(CP(=O)(O)OCCC[C@H](CC(=O)NCCC[C@H](CC(=O)CCCCCNC(=O)CCC(NC(=O)CCOCCOCCOCCOCCCC(=O)CCC(=O)N1Cc2ccccc2-c2c(nnn2CCCNC(=O)CN2CCN(CC(=O)O)CCN(CC(=O)O)CCN(CC(=O)O)CC2)-c2ccccc21)C(=O)NC(CCCCNC(=O)CCCc1ccc(I)cc1)C(=O)O)C(=O)O)C(=O)O)C(=O)O.[Lu]. The predicted octanol–water partition coefficient (Wildman–Crippen LogP) is 4.65. The number of halogens is 1. The van der Waals surface area contributed by atoms with E-state index in [1.165, 1.54) is 0 Å². The van der Waals surface area contributed by atoms with Gasteiger partial charge >= 0.3 is 55.4 Å². The first kappa shape index (κ1) is 125. The number of nitrogens with one attached hydrogen (secondary N) is 6. The maximum Gasteiger partial charge on any atom is 0.328 e. The second kappa shape index (κ2) is 70.8. The molecular weight excluding hydrogens is 2190 g/mol. The van der Waals surface area contributed by atoms with Gasteiger partial charge in [0.05, 0.1) is 121 Å². The van der Waals surface area contributed by atoms with E-state index in [2.05, 4.69) is 64.8 Å². The van der Waals surface area contributed by atoms with Crippen molar-refractivity contribution < 1.29 is 192 Å². The Morgan fingerprint density at radius 3 is 1.52 bits per heavy atom. The van der Waals surface area contributed by atoms with Crippen molar-refractivity contribution in [1.82, 2.24) is 66.5 Å². The largest absolute Gasteiger partial charge is 0.481 e. The molecule has 46 nitrogen and oxygen atoms in total. The van der Waals surface area contributed by atoms with Crippen LogP contribution in [-0.4, -0.2) is 363 Å². The molecule has 0 bridgehead atoms. The van der Waals surface area contributed by atoms with Crippen LogP contribution in [0.4, 0.5) is 5.69 Å². The molecule has 3 heterocycles. The van der Waals surface area contributed by atoms with Gasteiger partial charge in [-0.3, -0.25) is 101 Å². The van der Waals surface area contributed by atoms with Crippen LogP contribution in [0.5, 0.6) is 0 Å². The van der Waals surface area contributed by atoms with E-state index in [1.807, 2.05) is 77.7 Å². The summed E-state index contributed by atoms with van der Waals surface area (Å²) in [6.07, 6.45) is 1.01. The molecule has 6 rings (SSSR count). The van der Waals surface area contributed by atoms with Crippen LogP contribution in [0.1, 0.15) is 172 Å². The van der Waals surface area contributed by atoms with E-state index < -0.39 is 141 Å². The van der Waals surface area contributed by atoms with Crippen LogP contribution < -0.4 is 36.8 Å². The number of anilines is 1. The molecule has 3 aromatic carbocycles. The summed E-state index contributed by atoms with van der Waals surface area (Å²) >= 11 is 2.22. The minimum absolute atomic E-state index is 0. The standard InChI is InChI=1S/C96H140IN14O32P.Lu/c97-72-29-26-67(27-30-72)15-10-25-80(114)98-38-9-7-23-78(96(135)136)103-92(128)77(32-33-81(115)99-37-8-1-2-19-74(113)59-68(93(129)130)17-11-39-100-83(117)60-69(94(131)132)18-12-51-143-144(137,138)66-71(95(133)134)28-35-86(120)121)102-82(116)36-52-140-54-56-142-58-57-141-55-53-139-50-13-20-73(112)31-34-85(119)110-61-70-16-3-4-21-75(70)91-90(76-22-5-6-24-79(76)110)104-105-111(91)41-14-40-101-84(118)62-106-42-44-107(63-87(122)123)46-48-109(65-89(126)127)49-47-108(45-43-106)64-88(124)125;/h3-6,16,21-22,24,26-27,29-30,68-69,71,77-78H,1-2,7-15,17-20,23,25,28,31-66H2,(H,98,114)(H,99,115)(H,100,117)(H,101,118)(H,102,116)(H,103,128)(H,120,121)(H,122,123)(H,124,125)(H,126,127)(H,129,130)(H,131,132)(H,133,134)(H,135,136)(H,137,138);/t68-,69-,71?,77?,78?;/m1./s1. The molecular formula is C96H140ILuN14O32P. The van der Waals surface area contributed by atoms with Gasteiger partial charge in [0.25, 0.3) is 0 Å². The Morgan fingerprint density at radius 2 is 0.924 bits per heavy atom. The molecule has 1 aromatic heterocycles. The maximum absolute atomic E-state index is 14.3. The topological polar surface area (TPSA) is 655 Å². The number of rotatable bonds is 74. The number of ether oxygens (including phenoxy) is 4. The molecule has 813 valence electrons. The number of unbranched alkanes of at least 4 members (excludes halogenated alkanes) is 3. The molecule has 6 atom stereocenters. The van der Waals surface area contributed by atoms with E-state index in [0.717, 1.165) is 32.4 Å². The van der Waals surface area contributed by atoms with Gasteiger partial charge in [-0.15, -0.1) is 5.10 Å². The Balaban J connectivity index is 0.0000370. The molecule has 0 spiro atoms. The average Bonchev–Trinajstić information content (AvgIpc) is 1.66. The van der Waals surface area contributed by atoms with Crippen LogP contribution >= 0.6 is 30.2 Å². The summed E-state index contributed by atoms with van der Waals surface area (Å²) in [4.78, 5) is 232. The fourth-order valence-corrected chi connectivity index (χ4v) is 17.8. The number of aryl methyl sites for hydroxylation is 2. The number of benzene rings is 3. The van der Waals surface area contributed by atoms with E-state index in [-0.39, 0.29) is 314 Å². The zero-order valence-corrected chi connectivity index (χ0v) is 86.3. The van der Waals surface area contributed by atoms with Gasteiger partial charge in [-0.2, -0.15) is 0 Å². The number of fused-ring (bicyclic) bond motifs is 5. The third-order valence-electron chi connectivity index (χ3n) is 23.8. The third-order valence-corrected chi connectivity index (χ3v) is 26.0. The molecule has 15 N–H and O–H groups in total. The number of carbonyl (C=O) groups excluding carboxylic acids is 9. The molecule has 7 amide bonds. The van der Waals surface area contributed by atoms with Crippen molar-refractivity contribution >= 4 is 137 Å². The van der Waals surface area contributed by atoms with Gasteiger partial charge in [0.2, 0.25) is 41.4 Å². The summed E-state index contributed by atoms with van der Waals surface area (Å²) in [7, 11) is -4.51. The second-order valence-electron chi connectivity index (χ2n) is 35.3. The van der Waals surface area contributed by atoms with Gasteiger partial charge in [-0.1, -0.05) is 66.2 Å². The number of para-hydroxylation sites is 1. The number of carboxylic acids is 8. The summed E-state index contributed by atoms with van der Waals surface area (Å²) < 4.78 is 42.8. The van der Waals surface area contributed by atoms with E-state index in [4.69, 9.17) is 28.6 Å². The first-order valence-corrected chi connectivity index (χ1v) is 51.6. The summed E-state index contributed by atoms with van der Waals surface area (Å²) in [5.74, 6) is -17.6. The zero-order valence-electron chi connectivity index (χ0n) is 81.6. The monoisotopic (exact) mass is 2330 g/mol. The molecule has 1 radical (unpaired) electrons. The fourth-order valence-electron chi connectivity index (χ4n) is 16.0. The van der Waals surface area contributed by atoms with Crippen molar-refractivity contribution in [3.63, 3.8) is 0 Å². The number of Topliss-reactive ketones (excluding diaryl/α,β-unsaturated/α-hetero) is 2. The Labute approximate surface area is 884 Å². The number of hydrogen-bond acceptors (Lipinski definition) is 29. The molecule has 4 aromatic rings. The van der Waals surface area contributed by atoms with E-state index in [1.54, 1.807) is 24.3 Å². The van der Waals surface area contributed by atoms with Crippen molar-refractivity contribution in [2.75, 3.05) is 175 Å². The van der Waals surface area contributed by atoms with Crippen molar-refractivity contribution in [2.24, 2.45) is 17.8 Å². The van der Waals surface area contributed by atoms with Crippen molar-refractivity contribution in [3.05, 3.63) is 87.5 Å². The van der Waals surface area contributed by atoms with Crippen LogP contribution in [0.2, 0.25) is 0 Å². The average molecular weight is 2340 g/mol. The van der Waals surface area contributed by atoms with Crippen LogP contribution in [-0.2, 0) is 129 Å². The summed E-state index contributed by atoms with van der Waals surface area (Å²) in [6, 6.07) is 20.2. The first-order chi connectivity index (χ1) is 68.9. The van der Waals surface area contributed by atoms with Crippen molar-refractivity contribution in [3.8, 4) is 22.5 Å². The molecule has 1 fully saturated rings.